The quantitative estimate of drug-likeness (QED) is 0.911. The molecule has 0 aromatic heterocycles. The maximum absolute atomic E-state index is 12.3. The number of benzene rings is 2. The molecule has 0 radical (unpaired) electrons. The molecule has 23 heavy (non-hydrogen) atoms. The summed E-state index contributed by atoms with van der Waals surface area (Å²) in [6.45, 7) is 3.92. The molecule has 0 bridgehead atoms. The number of amides is 2. The number of anilines is 2. The van der Waals surface area contributed by atoms with Crippen molar-refractivity contribution < 1.29 is 14.3 Å². The third kappa shape index (κ3) is 3.51. The lowest BCUT2D eigenvalue weighted by Gasteiger charge is -2.11. The van der Waals surface area contributed by atoms with Gasteiger partial charge in [-0.2, -0.15) is 0 Å². The first-order chi connectivity index (χ1) is 11.0. The van der Waals surface area contributed by atoms with E-state index in [1.54, 1.807) is 30.3 Å². The predicted octanol–water partition coefficient (Wildman–Crippen LogP) is 3.22. The zero-order valence-electron chi connectivity index (χ0n) is 13.1. The highest BCUT2D eigenvalue weighted by atomic mass is 16.5. The number of carbonyl (C=O) groups excluding carboxylic acids is 2. The molecule has 2 aromatic rings. The van der Waals surface area contributed by atoms with E-state index >= 15 is 0 Å². The van der Waals surface area contributed by atoms with Gasteiger partial charge in [-0.25, -0.2) is 0 Å². The van der Waals surface area contributed by atoms with Crippen molar-refractivity contribution in [3.63, 3.8) is 0 Å². The smallest absolute Gasteiger partial charge is 0.255 e. The number of ether oxygens (including phenoxy) is 1. The summed E-state index contributed by atoms with van der Waals surface area (Å²) in [4.78, 5) is 23.7. The highest BCUT2D eigenvalue weighted by Crippen LogP contribution is 2.24. The minimum Gasteiger partial charge on any atom is -0.491 e. The van der Waals surface area contributed by atoms with E-state index in [0.717, 1.165) is 17.0 Å². The fourth-order valence-electron chi connectivity index (χ4n) is 2.46. The predicted molar refractivity (Wildman–Crippen MR) is 88.9 cm³/mol. The van der Waals surface area contributed by atoms with Crippen LogP contribution >= 0.6 is 0 Å². The number of rotatable bonds is 4. The van der Waals surface area contributed by atoms with Crippen molar-refractivity contribution in [1.29, 1.82) is 0 Å². The molecule has 5 heteroatoms. The summed E-state index contributed by atoms with van der Waals surface area (Å²) in [7, 11) is 0. The van der Waals surface area contributed by atoms with Gasteiger partial charge in [0.1, 0.15) is 5.75 Å². The summed E-state index contributed by atoms with van der Waals surface area (Å²) < 4.78 is 5.57. The Balaban J connectivity index is 1.70. The van der Waals surface area contributed by atoms with Crippen LogP contribution in [-0.4, -0.2) is 17.9 Å². The van der Waals surface area contributed by atoms with Crippen molar-refractivity contribution in [1.82, 2.24) is 0 Å². The van der Waals surface area contributed by atoms with Crippen LogP contribution in [0.1, 0.15) is 29.8 Å². The minimum atomic E-state index is -0.204. The third-order valence-electron chi connectivity index (χ3n) is 3.48. The molecule has 2 N–H and O–H groups in total. The lowest BCUT2D eigenvalue weighted by Crippen LogP contribution is -2.12. The Morgan fingerprint density at radius 3 is 2.61 bits per heavy atom. The van der Waals surface area contributed by atoms with Crippen LogP contribution < -0.4 is 15.4 Å². The molecular formula is C18H18N2O3. The molecule has 0 unspecified atom stereocenters. The van der Waals surface area contributed by atoms with E-state index in [1.807, 2.05) is 26.0 Å². The van der Waals surface area contributed by atoms with Crippen molar-refractivity contribution in [2.24, 2.45) is 0 Å². The molecule has 0 saturated heterocycles. The van der Waals surface area contributed by atoms with Crippen molar-refractivity contribution in [3.8, 4) is 5.75 Å². The van der Waals surface area contributed by atoms with Gasteiger partial charge in [-0.1, -0.05) is 0 Å². The first-order valence-electron chi connectivity index (χ1n) is 7.52. The molecule has 5 nitrogen and oxygen atoms in total. The summed E-state index contributed by atoms with van der Waals surface area (Å²) in [6.07, 6.45) is 0.427. The maximum Gasteiger partial charge on any atom is 0.255 e. The van der Waals surface area contributed by atoms with Crippen LogP contribution in [0.3, 0.4) is 0 Å². The zero-order chi connectivity index (χ0) is 16.4. The van der Waals surface area contributed by atoms with Crippen LogP contribution in [0.5, 0.6) is 5.75 Å². The van der Waals surface area contributed by atoms with E-state index in [1.165, 1.54) is 0 Å². The number of hydrogen-bond donors (Lipinski definition) is 2. The molecule has 0 fully saturated rings. The average Bonchev–Trinajstić information content (AvgIpc) is 2.87. The highest BCUT2D eigenvalue weighted by Gasteiger charge is 2.19. The van der Waals surface area contributed by atoms with Crippen LogP contribution in [-0.2, 0) is 11.2 Å². The average molecular weight is 310 g/mol. The van der Waals surface area contributed by atoms with Gasteiger partial charge in [0.25, 0.3) is 5.91 Å². The minimum absolute atomic E-state index is 0.0432. The third-order valence-corrected chi connectivity index (χ3v) is 3.48. The number of nitrogens with one attached hydrogen (secondary N) is 2. The SMILES string of the molecule is CC(C)Oc1ccc(NC(=O)c2ccc3c(c2)CC(=O)N3)cc1. The second-order valence-electron chi connectivity index (χ2n) is 5.74. The van der Waals surface area contributed by atoms with Crippen molar-refractivity contribution in [2.45, 2.75) is 26.4 Å². The molecule has 2 amide bonds. The molecule has 3 rings (SSSR count). The molecule has 0 atom stereocenters. The van der Waals surface area contributed by atoms with Crippen LogP contribution in [0.15, 0.2) is 42.5 Å². The summed E-state index contributed by atoms with van der Waals surface area (Å²) in [5.41, 5.74) is 2.86. The number of hydrogen-bond acceptors (Lipinski definition) is 3. The molecule has 0 spiro atoms. The standard InChI is InChI=1S/C18H18N2O3/c1-11(2)23-15-6-4-14(5-7-15)19-18(22)12-3-8-16-13(9-12)10-17(21)20-16/h3-9,11H,10H2,1-2H3,(H,19,22)(H,20,21). The van der Waals surface area contributed by atoms with Gasteiger partial charge >= 0.3 is 0 Å². The fourth-order valence-corrected chi connectivity index (χ4v) is 2.46. The molecule has 1 heterocycles. The Hall–Kier alpha value is -2.82. The van der Waals surface area contributed by atoms with Crippen molar-refractivity contribution in [3.05, 3.63) is 53.6 Å². The van der Waals surface area contributed by atoms with Crippen molar-refractivity contribution in [2.75, 3.05) is 10.6 Å². The first kappa shape index (κ1) is 15.1. The highest BCUT2D eigenvalue weighted by molar-refractivity contribution is 6.06. The van der Waals surface area contributed by atoms with Crippen molar-refractivity contribution >= 4 is 23.2 Å². The Morgan fingerprint density at radius 2 is 1.91 bits per heavy atom. The van der Waals surface area contributed by atoms with Gasteiger partial charge in [-0.15, -0.1) is 0 Å². The lowest BCUT2D eigenvalue weighted by atomic mass is 10.1. The Labute approximate surface area is 134 Å². The van der Waals surface area contributed by atoms with Crippen LogP contribution in [0, 0.1) is 0 Å². The topological polar surface area (TPSA) is 67.4 Å². The van der Waals surface area contributed by atoms with Gasteiger partial charge in [-0.05, 0) is 61.9 Å². The van der Waals surface area contributed by atoms with Gasteiger partial charge in [-0.3, -0.25) is 9.59 Å². The lowest BCUT2D eigenvalue weighted by molar-refractivity contribution is -0.115. The van der Waals surface area contributed by atoms with E-state index in [0.29, 0.717) is 17.7 Å². The Morgan fingerprint density at radius 1 is 1.17 bits per heavy atom. The molecular weight excluding hydrogens is 292 g/mol. The zero-order valence-corrected chi connectivity index (χ0v) is 13.1. The number of carbonyl (C=O) groups is 2. The molecule has 118 valence electrons. The first-order valence-corrected chi connectivity index (χ1v) is 7.52. The molecule has 2 aromatic carbocycles. The van der Waals surface area contributed by atoms with Gasteiger partial charge < -0.3 is 15.4 Å². The normalized spacial score (nSPS) is 12.7. The van der Waals surface area contributed by atoms with E-state index in [4.69, 9.17) is 4.74 Å². The second-order valence-corrected chi connectivity index (χ2v) is 5.74. The van der Waals surface area contributed by atoms with Crippen LogP contribution in [0.2, 0.25) is 0 Å². The number of fused-ring (bicyclic) bond motifs is 1. The summed E-state index contributed by atoms with van der Waals surface area (Å²) in [5.74, 6) is 0.517. The molecule has 1 aliphatic rings. The van der Waals surface area contributed by atoms with E-state index in [9.17, 15) is 9.59 Å². The largest absolute Gasteiger partial charge is 0.491 e. The fraction of sp³-hybridized carbons (Fsp3) is 0.222. The van der Waals surface area contributed by atoms with Crippen LogP contribution in [0.4, 0.5) is 11.4 Å². The van der Waals surface area contributed by atoms with E-state index in [-0.39, 0.29) is 17.9 Å². The van der Waals surface area contributed by atoms with Gasteiger partial charge in [0, 0.05) is 16.9 Å². The van der Waals surface area contributed by atoms with Gasteiger partial charge in [0.15, 0.2) is 0 Å². The van der Waals surface area contributed by atoms with E-state index < -0.39 is 0 Å². The molecule has 0 aliphatic carbocycles. The maximum atomic E-state index is 12.3. The molecule has 0 saturated carbocycles. The summed E-state index contributed by atoms with van der Waals surface area (Å²) in [6, 6.07) is 12.5. The van der Waals surface area contributed by atoms with Gasteiger partial charge in [0.05, 0.1) is 12.5 Å². The van der Waals surface area contributed by atoms with Gasteiger partial charge in [0.2, 0.25) is 5.91 Å². The Kier molecular flexibility index (Phi) is 4.02. The molecule has 1 aliphatic heterocycles. The van der Waals surface area contributed by atoms with Crippen LogP contribution in [0.25, 0.3) is 0 Å². The Bertz CT molecular complexity index is 751. The monoisotopic (exact) mass is 310 g/mol. The summed E-state index contributed by atoms with van der Waals surface area (Å²) in [5, 5.41) is 5.59. The second kappa shape index (κ2) is 6.12. The summed E-state index contributed by atoms with van der Waals surface area (Å²) >= 11 is 0. The van der Waals surface area contributed by atoms with E-state index in [2.05, 4.69) is 10.6 Å².